The molecule has 0 aliphatic carbocycles. The first-order chi connectivity index (χ1) is 9.65. The largest absolute Gasteiger partial charge is 0.323 e. The summed E-state index contributed by atoms with van der Waals surface area (Å²) in [6.45, 7) is 1.91. The molecule has 0 spiro atoms. The van der Waals surface area contributed by atoms with Crippen molar-refractivity contribution in [1.82, 2.24) is 4.98 Å². The van der Waals surface area contributed by atoms with Crippen LogP contribution in [0.25, 0.3) is 22.0 Å². The van der Waals surface area contributed by atoms with Gasteiger partial charge in [-0.2, -0.15) is 0 Å². The van der Waals surface area contributed by atoms with E-state index < -0.39 is 0 Å². The highest BCUT2D eigenvalue weighted by atomic mass is 19.1. The molecule has 0 fully saturated rings. The summed E-state index contributed by atoms with van der Waals surface area (Å²) < 4.78 is 13.4. The quantitative estimate of drug-likeness (QED) is 0.759. The van der Waals surface area contributed by atoms with Crippen molar-refractivity contribution in [3.63, 3.8) is 0 Å². The zero-order valence-corrected chi connectivity index (χ0v) is 11.2. The van der Waals surface area contributed by atoms with E-state index in [0.29, 0.717) is 0 Å². The van der Waals surface area contributed by atoms with Crippen LogP contribution >= 0.6 is 0 Å². The number of aromatic nitrogens is 1. The number of halogens is 1. The van der Waals surface area contributed by atoms with Gasteiger partial charge in [0.15, 0.2) is 0 Å². The fraction of sp³-hybridized carbons (Fsp3) is 0.118. The first-order valence-electron chi connectivity index (χ1n) is 6.56. The number of rotatable bonds is 2. The zero-order chi connectivity index (χ0) is 14.1. The van der Waals surface area contributed by atoms with Gasteiger partial charge in [0, 0.05) is 17.0 Å². The van der Waals surface area contributed by atoms with Crippen LogP contribution in [0.2, 0.25) is 0 Å². The molecule has 0 amide bonds. The molecule has 0 radical (unpaired) electrons. The van der Waals surface area contributed by atoms with Gasteiger partial charge >= 0.3 is 0 Å². The number of hydrogen-bond acceptors (Lipinski definition) is 2. The van der Waals surface area contributed by atoms with E-state index in [1.807, 2.05) is 43.3 Å². The Morgan fingerprint density at radius 2 is 1.80 bits per heavy atom. The van der Waals surface area contributed by atoms with Gasteiger partial charge in [-0.1, -0.05) is 30.3 Å². The van der Waals surface area contributed by atoms with Crippen LogP contribution in [0.3, 0.4) is 0 Å². The molecule has 2 aromatic carbocycles. The van der Waals surface area contributed by atoms with Crippen LogP contribution in [0.4, 0.5) is 4.39 Å². The van der Waals surface area contributed by atoms with Gasteiger partial charge in [-0.25, -0.2) is 4.39 Å². The Hall–Kier alpha value is -2.26. The highest BCUT2D eigenvalue weighted by Gasteiger charge is 2.12. The van der Waals surface area contributed by atoms with Crippen molar-refractivity contribution in [3.05, 3.63) is 66.1 Å². The van der Waals surface area contributed by atoms with Gasteiger partial charge in [0.25, 0.3) is 0 Å². The molecule has 1 unspecified atom stereocenters. The molecule has 0 saturated heterocycles. The summed E-state index contributed by atoms with van der Waals surface area (Å²) >= 11 is 0. The minimum Gasteiger partial charge on any atom is -0.323 e. The summed E-state index contributed by atoms with van der Waals surface area (Å²) in [6.07, 6.45) is 0. The van der Waals surface area contributed by atoms with Crippen molar-refractivity contribution in [3.8, 4) is 11.1 Å². The van der Waals surface area contributed by atoms with Crippen molar-refractivity contribution in [2.24, 2.45) is 5.73 Å². The molecule has 1 atom stereocenters. The lowest BCUT2D eigenvalue weighted by atomic mass is 9.98. The molecule has 0 aliphatic heterocycles. The lowest BCUT2D eigenvalue weighted by Crippen LogP contribution is -2.09. The summed E-state index contributed by atoms with van der Waals surface area (Å²) in [7, 11) is 0. The van der Waals surface area contributed by atoms with Crippen LogP contribution < -0.4 is 5.73 Å². The Balaban J connectivity index is 2.30. The Morgan fingerprint density at radius 1 is 1.05 bits per heavy atom. The Kier molecular flexibility index (Phi) is 3.20. The standard InChI is InChI=1S/C17H15FN2/c1-11(19)17-15(12-5-3-2-4-6-12)10-13-9-14(18)7-8-16(13)20-17/h2-11H,19H2,1H3. The maximum atomic E-state index is 13.4. The fourth-order valence-electron chi connectivity index (χ4n) is 2.36. The fourth-order valence-corrected chi connectivity index (χ4v) is 2.36. The second-order valence-corrected chi connectivity index (χ2v) is 4.91. The van der Waals surface area contributed by atoms with Crippen molar-refractivity contribution in [2.75, 3.05) is 0 Å². The number of nitrogens with zero attached hydrogens (tertiary/aromatic N) is 1. The molecule has 2 nitrogen and oxygen atoms in total. The molecule has 0 saturated carbocycles. The van der Waals surface area contributed by atoms with Gasteiger partial charge in [0.05, 0.1) is 11.2 Å². The van der Waals surface area contributed by atoms with Gasteiger partial charge in [-0.15, -0.1) is 0 Å². The maximum Gasteiger partial charge on any atom is 0.123 e. The average Bonchev–Trinajstić information content (AvgIpc) is 2.46. The molecule has 1 aromatic heterocycles. The number of fused-ring (bicyclic) bond motifs is 1. The smallest absolute Gasteiger partial charge is 0.123 e. The Labute approximate surface area is 117 Å². The Morgan fingerprint density at radius 3 is 2.50 bits per heavy atom. The molecule has 3 heteroatoms. The van der Waals surface area contributed by atoms with Gasteiger partial charge in [-0.05, 0) is 36.8 Å². The lowest BCUT2D eigenvalue weighted by molar-refractivity contribution is 0.629. The van der Waals surface area contributed by atoms with Crippen molar-refractivity contribution in [2.45, 2.75) is 13.0 Å². The number of pyridine rings is 1. The van der Waals surface area contributed by atoms with E-state index in [2.05, 4.69) is 4.98 Å². The highest BCUT2D eigenvalue weighted by molar-refractivity contribution is 5.85. The highest BCUT2D eigenvalue weighted by Crippen LogP contribution is 2.29. The van der Waals surface area contributed by atoms with Crippen molar-refractivity contribution >= 4 is 10.9 Å². The van der Waals surface area contributed by atoms with Gasteiger partial charge in [-0.3, -0.25) is 4.98 Å². The Bertz CT molecular complexity index is 752. The van der Waals surface area contributed by atoms with Crippen LogP contribution in [0, 0.1) is 5.82 Å². The van der Waals surface area contributed by atoms with Crippen LogP contribution in [-0.2, 0) is 0 Å². The van der Waals surface area contributed by atoms with Gasteiger partial charge in [0.2, 0.25) is 0 Å². The zero-order valence-electron chi connectivity index (χ0n) is 11.2. The average molecular weight is 266 g/mol. The maximum absolute atomic E-state index is 13.4. The SMILES string of the molecule is CC(N)c1nc2ccc(F)cc2cc1-c1ccccc1. The monoisotopic (exact) mass is 266 g/mol. The first-order valence-corrected chi connectivity index (χ1v) is 6.56. The minimum atomic E-state index is -0.258. The minimum absolute atomic E-state index is 0.181. The lowest BCUT2D eigenvalue weighted by Gasteiger charge is -2.13. The summed E-state index contributed by atoms with van der Waals surface area (Å²) in [5.74, 6) is -0.258. The molecule has 1 heterocycles. The predicted molar refractivity (Wildman–Crippen MR) is 79.7 cm³/mol. The normalized spacial score (nSPS) is 12.6. The van der Waals surface area contributed by atoms with Crippen LogP contribution in [-0.4, -0.2) is 4.98 Å². The molecule has 0 aliphatic rings. The topological polar surface area (TPSA) is 38.9 Å². The van der Waals surface area contributed by atoms with E-state index in [0.717, 1.165) is 27.7 Å². The molecule has 0 bridgehead atoms. The van der Waals surface area contributed by atoms with E-state index in [-0.39, 0.29) is 11.9 Å². The van der Waals surface area contributed by atoms with Gasteiger partial charge < -0.3 is 5.73 Å². The van der Waals surface area contributed by atoms with Crippen molar-refractivity contribution < 1.29 is 4.39 Å². The van der Waals surface area contributed by atoms with Crippen LogP contribution in [0.5, 0.6) is 0 Å². The summed E-state index contributed by atoms with van der Waals surface area (Å²) in [5, 5.41) is 0.785. The molecule has 2 N–H and O–H groups in total. The third-order valence-corrected chi connectivity index (χ3v) is 3.32. The molecular weight excluding hydrogens is 251 g/mol. The summed E-state index contributed by atoms with van der Waals surface area (Å²) in [5.41, 5.74) is 9.62. The van der Waals surface area contributed by atoms with E-state index >= 15 is 0 Å². The number of nitrogens with two attached hydrogens (primary N) is 1. The van der Waals surface area contributed by atoms with E-state index in [1.165, 1.54) is 12.1 Å². The number of benzene rings is 2. The summed E-state index contributed by atoms with van der Waals surface area (Å²) in [6, 6.07) is 16.3. The predicted octanol–water partition coefficient (Wildman–Crippen LogP) is 4.06. The molecule has 100 valence electrons. The van der Waals surface area contributed by atoms with Gasteiger partial charge in [0.1, 0.15) is 5.82 Å². The number of hydrogen-bond donors (Lipinski definition) is 1. The summed E-state index contributed by atoms with van der Waals surface area (Å²) in [4.78, 5) is 4.60. The second kappa shape index (κ2) is 5.02. The van der Waals surface area contributed by atoms with E-state index in [1.54, 1.807) is 6.07 Å². The third-order valence-electron chi connectivity index (χ3n) is 3.32. The third kappa shape index (κ3) is 2.28. The molecule has 3 rings (SSSR count). The van der Waals surface area contributed by atoms with Crippen LogP contribution in [0.1, 0.15) is 18.7 Å². The second-order valence-electron chi connectivity index (χ2n) is 4.91. The first kappa shape index (κ1) is 12.8. The van der Waals surface area contributed by atoms with E-state index in [4.69, 9.17) is 5.73 Å². The van der Waals surface area contributed by atoms with Crippen molar-refractivity contribution in [1.29, 1.82) is 0 Å². The molecular formula is C17H15FN2. The molecule has 20 heavy (non-hydrogen) atoms. The molecule has 3 aromatic rings. The van der Waals surface area contributed by atoms with Crippen LogP contribution in [0.15, 0.2) is 54.6 Å². The van der Waals surface area contributed by atoms with E-state index in [9.17, 15) is 4.39 Å².